The number of piperidine rings is 3. The number of nitrogens with zero attached hydrogens (tertiary/aromatic N) is 6. The molecule has 1 aromatic rings. The molecule has 3 saturated heterocycles. The highest BCUT2D eigenvalue weighted by molar-refractivity contribution is 7.88. The summed E-state index contributed by atoms with van der Waals surface area (Å²) in [6, 6.07) is 6.82. The van der Waals surface area contributed by atoms with E-state index in [1.807, 2.05) is 24.8 Å². The molecule has 6 rings (SSSR count). The van der Waals surface area contributed by atoms with Crippen LogP contribution < -0.4 is 21.3 Å². The van der Waals surface area contributed by atoms with Gasteiger partial charge in [0.1, 0.15) is 0 Å². The zero-order valence-electron chi connectivity index (χ0n) is 55.6. The second-order valence-corrected chi connectivity index (χ2v) is 30.6. The van der Waals surface area contributed by atoms with Crippen LogP contribution in [0.1, 0.15) is 218 Å². The molecule has 0 spiro atoms. The van der Waals surface area contributed by atoms with E-state index in [9.17, 15) is 21.6 Å². The first-order chi connectivity index (χ1) is 38.1. The Balaban J connectivity index is 0.000000961. The topological polar surface area (TPSA) is 163 Å². The highest BCUT2D eigenvalue weighted by atomic mass is 32.2. The Labute approximate surface area is 508 Å². The maximum Gasteiger partial charge on any atom is 0.255 e. The summed E-state index contributed by atoms with van der Waals surface area (Å²) in [6.07, 6.45) is 23.3. The molecule has 3 aliphatic heterocycles. The molecule has 0 atom stereocenters. The molecule has 82 heavy (non-hydrogen) atoms. The number of rotatable bonds is 23. The summed E-state index contributed by atoms with van der Waals surface area (Å²) >= 11 is 0. The Morgan fingerprint density at radius 1 is 0.524 bits per heavy atom. The molecule has 1 aromatic heterocycles. The van der Waals surface area contributed by atoms with E-state index in [0.29, 0.717) is 36.4 Å². The third-order valence-corrected chi connectivity index (χ3v) is 18.2. The fourth-order valence-electron chi connectivity index (χ4n) is 11.6. The first-order valence-corrected chi connectivity index (χ1v) is 36.3. The van der Waals surface area contributed by atoms with Crippen molar-refractivity contribution >= 4 is 26.0 Å². The lowest BCUT2D eigenvalue weighted by Crippen LogP contribution is -2.47. The molecule has 0 aromatic carbocycles. The predicted molar refractivity (Wildman–Crippen MR) is 354 cm³/mol. The van der Waals surface area contributed by atoms with Gasteiger partial charge in [-0.3, -0.25) is 9.78 Å². The van der Waals surface area contributed by atoms with Crippen molar-refractivity contribution in [3.05, 3.63) is 30.1 Å². The van der Waals surface area contributed by atoms with Crippen LogP contribution in [0.3, 0.4) is 0 Å². The van der Waals surface area contributed by atoms with Crippen LogP contribution in [0.4, 0.5) is 0 Å². The van der Waals surface area contributed by atoms with Gasteiger partial charge in [0.2, 0.25) is 20.0 Å². The number of aromatic nitrogens is 1. The molecular formula is C65H134N10O5S2. The normalized spacial score (nSPS) is 18.1. The van der Waals surface area contributed by atoms with Crippen molar-refractivity contribution in [2.75, 3.05) is 104 Å². The van der Waals surface area contributed by atoms with E-state index in [0.717, 1.165) is 81.2 Å². The number of sulfonamides is 2. The minimum atomic E-state index is -3.05. The van der Waals surface area contributed by atoms with Crippen molar-refractivity contribution in [2.45, 2.75) is 244 Å². The van der Waals surface area contributed by atoms with E-state index in [2.05, 4.69) is 133 Å². The van der Waals surface area contributed by atoms with Crippen molar-refractivity contribution in [3.8, 4) is 0 Å². The Bertz CT molecular complexity index is 1910. The molecule has 2 aliphatic carbocycles. The van der Waals surface area contributed by atoms with Crippen LogP contribution in [0.5, 0.6) is 0 Å². The van der Waals surface area contributed by atoms with Gasteiger partial charge in [0.15, 0.2) is 0 Å². The second kappa shape index (κ2) is 44.6. The van der Waals surface area contributed by atoms with Gasteiger partial charge in [-0.1, -0.05) is 130 Å². The molecular weight excluding hydrogens is 1060 g/mol. The predicted octanol–water partition coefficient (Wildman–Crippen LogP) is 11.3. The van der Waals surface area contributed by atoms with Gasteiger partial charge in [-0.05, 0) is 185 Å². The zero-order valence-corrected chi connectivity index (χ0v) is 57.2. The molecule has 1 amide bonds. The number of hydrogen-bond donors (Lipinski definition) is 4. The van der Waals surface area contributed by atoms with Crippen LogP contribution in [0, 0.1) is 35.5 Å². The van der Waals surface area contributed by atoms with Gasteiger partial charge in [0.25, 0.3) is 5.91 Å². The fraction of sp³-hybridized carbons (Fsp3) is 0.908. The van der Waals surface area contributed by atoms with Crippen LogP contribution in [0.25, 0.3) is 0 Å². The third-order valence-electron chi connectivity index (χ3n) is 15.6. The van der Waals surface area contributed by atoms with Crippen LogP contribution in [-0.4, -0.2) is 191 Å². The second-order valence-electron chi connectivity index (χ2n) is 26.8. The lowest BCUT2D eigenvalue weighted by molar-refractivity contribution is 0.0681. The summed E-state index contributed by atoms with van der Waals surface area (Å²) in [5.41, 5.74) is 0.664. The van der Waals surface area contributed by atoms with E-state index < -0.39 is 20.0 Å². The molecule has 0 radical (unpaired) electrons. The minimum absolute atomic E-state index is 0. The van der Waals surface area contributed by atoms with E-state index in [1.54, 1.807) is 27.1 Å². The summed E-state index contributed by atoms with van der Waals surface area (Å²) in [6.45, 7) is 49.8. The SMILES string of the molecule is C.CC(C)CN(C(=O)c1cccnc1)C(C)C.CC(C)CN(C1CCCC1)S(C)(=O)=O.CC(C)CN(C1CCNCC1)S(C)(=O)=O.CC(C)CNC1CCNCC1.CCN(CC(C)C)C1CCCC1.CCN(CC(C)C)C1CCNCC1. The summed E-state index contributed by atoms with van der Waals surface area (Å²) < 4.78 is 49.9. The lowest BCUT2D eigenvalue weighted by atomic mass is 10.0. The molecule has 0 bridgehead atoms. The minimum Gasteiger partial charge on any atom is -0.336 e. The third kappa shape index (κ3) is 36.4. The standard InChI is InChI=1S/C13H20N2O.C11H24N2.C11H23N.C10H22N2O2S.C10H21NO2S.C9H20N2.CH4/c1-10(2)9-15(11(3)4)13(16)12-6-5-7-14-8-12;1-4-13(9-10(2)3)11-5-7-12-8-6-11;1-4-12(9-10(2)3)11-7-5-6-8-11;1-9(2)8-12(15(3,13)14)10-4-6-11-7-5-10;1-9(2)8-11(14(3,12)13)10-6-4-5-7-10;1-8(2)7-11-9-3-5-10-6-4-9;/h5-8,10-11H,9H2,1-4H3;10-12H,4-9H2,1-3H3;10-11H,4-9H2,1-3H3;9-11H,4-8H2,1-3H3;9-10H,4-8H2,1-3H3;8-11H,3-7H2,1-2H3;1H4. The first-order valence-electron chi connectivity index (χ1n) is 32.6. The number of carbonyl (C=O) groups is 1. The van der Waals surface area contributed by atoms with Gasteiger partial charge in [-0.25, -0.2) is 16.8 Å². The van der Waals surface area contributed by atoms with Gasteiger partial charge in [-0.2, -0.15) is 8.61 Å². The smallest absolute Gasteiger partial charge is 0.255 e. The lowest BCUT2D eigenvalue weighted by Gasteiger charge is -2.34. The van der Waals surface area contributed by atoms with Crippen molar-refractivity contribution < 1.29 is 21.6 Å². The van der Waals surface area contributed by atoms with Crippen LogP contribution in [0.15, 0.2) is 24.5 Å². The summed E-state index contributed by atoms with van der Waals surface area (Å²) in [4.78, 5) is 23.4. The van der Waals surface area contributed by atoms with Crippen LogP contribution in [-0.2, 0) is 20.0 Å². The average molecular weight is 1200 g/mol. The largest absolute Gasteiger partial charge is 0.336 e. The van der Waals surface area contributed by atoms with Gasteiger partial charge < -0.3 is 36.0 Å². The Hall–Kier alpha value is -1.80. The average Bonchev–Trinajstić information content (AvgIpc) is 4.19. The zero-order chi connectivity index (χ0) is 61.1. The Morgan fingerprint density at radius 3 is 1.21 bits per heavy atom. The van der Waals surface area contributed by atoms with Crippen molar-refractivity contribution in [1.29, 1.82) is 0 Å². The number of nitrogens with one attached hydrogen (secondary N) is 4. The van der Waals surface area contributed by atoms with Crippen molar-refractivity contribution in [3.63, 3.8) is 0 Å². The first kappa shape index (κ1) is 80.2. The van der Waals surface area contributed by atoms with Gasteiger partial charge in [0, 0.05) is 81.4 Å². The Morgan fingerprint density at radius 2 is 0.878 bits per heavy atom. The summed E-state index contributed by atoms with van der Waals surface area (Å²) in [5.74, 6) is 3.74. The molecule has 4 N–H and O–H groups in total. The van der Waals surface area contributed by atoms with E-state index in [4.69, 9.17) is 0 Å². The number of hydrogen-bond acceptors (Lipinski definition) is 12. The molecule has 2 saturated carbocycles. The number of carbonyl (C=O) groups excluding carboxylic acids is 1. The van der Waals surface area contributed by atoms with Crippen molar-refractivity contribution in [2.24, 2.45) is 35.5 Å². The molecule has 17 heteroatoms. The molecule has 486 valence electrons. The number of pyridine rings is 1. The molecule has 5 aliphatic rings. The monoisotopic (exact) mass is 1200 g/mol. The molecule has 4 heterocycles. The van der Waals surface area contributed by atoms with Crippen LogP contribution in [0.2, 0.25) is 0 Å². The van der Waals surface area contributed by atoms with E-state index >= 15 is 0 Å². The van der Waals surface area contributed by atoms with E-state index in [-0.39, 0.29) is 31.5 Å². The molecule has 15 nitrogen and oxygen atoms in total. The van der Waals surface area contributed by atoms with Gasteiger partial charge >= 0.3 is 0 Å². The van der Waals surface area contributed by atoms with Gasteiger partial charge in [-0.15, -0.1) is 0 Å². The molecule has 0 unspecified atom stereocenters. The Kier molecular flexibility index (Phi) is 43.6. The summed E-state index contributed by atoms with van der Waals surface area (Å²) in [5, 5.41) is 13.6. The molecule has 5 fully saturated rings. The number of amides is 1. The highest BCUT2D eigenvalue weighted by Gasteiger charge is 2.30. The quantitative estimate of drug-likeness (QED) is 0.0822. The van der Waals surface area contributed by atoms with Crippen molar-refractivity contribution in [1.82, 2.24) is 49.6 Å². The highest BCUT2D eigenvalue weighted by Crippen LogP contribution is 2.27. The van der Waals surface area contributed by atoms with Crippen LogP contribution >= 0.6 is 0 Å². The maximum absolute atomic E-state index is 12.2. The summed E-state index contributed by atoms with van der Waals surface area (Å²) in [7, 11) is -6.06. The van der Waals surface area contributed by atoms with E-state index in [1.165, 1.54) is 136 Å². The van der Waals surface area contributed by atoms with Gasteiger partial charge in [0.05, 0.1) is 18.1 Å². The maximum atomic E-state index is 12.2. The fourth-order valence-corrected chi connectivity index (χ4v) is 14.2.